The van der Waals surface area contributed by atoms with Gasteiger partial charge in [-0.25, -0.2) is 95.8 Å². The van der Waals surface area contributed by atoms with Gasteiger partial charge in [-0.15, -0.1) is 0 Å². The van der Waals surface area contributed by atoms with Gasteiger partial charge >= 0.3 is 0 Å². The molecule has 0 radical (unpaired) electrons. The number of nitrogens with zero attached hydrogens (tertiary/aromatic N) is 25. The van der Waals surface area contributed by atoms with E-state index in [4.69, 9.17) is 100 Å². The van der Waals surface area contributed by atoms with Crippen LogP contribution in [0.1, 0.15) is 88.8 Å². The molecule has 2 aliphatic carbocycles. The van der Waals surface area contributed by atoms with Gasteiger partial charge in [0.15, 0.2) is 58.2 Å². The molecule has 2 saturated carbocycles. The predicted octanol–water partition coefficient (Wildman–Crippen LogP) is 13.9. The van der Waals surface area contributed by atoms with E-state index in [0.717, 1.165) is 124 Å². The summed E-state index contributed by atoms with van der Waals surface area (Å²) in [5.74, 6) is 9.83. The third kappa shape index (κ3) is 28.0. The van der Waals surface area contributed by atoms with E-state index in [2.05, 4.69) is 131 Å². The molecule has 41 nitrogen and oxygen atoms in total. The van der Waals surface area contributed by atoms with Crippen molar-refractivity contribution in [1.29, 1.82) is 0 Å². The second kappa shape index (κ2) is 47.2. The SMILES string of the molecule is COc1cc(-c2nc(N=[S@@](C)(=O)C3CC3)cc(N3CCOC[C@H]3C)n2)cc(C)n1.COc1cc(-c2nc(N=[S@@](C)(=O)C3COC3)cc(N3CCOC[C@H]3C)n2)cc(C)n1.COc1cc(-c2nc(N=[S@@](C)(=O)C3COC3)cc(N3CCOC[C@H]3C)n2)cc(C)n1.Cc1cc(-c2nc(N=[S@@](C)(=O)C3CC3)cc(N3CCOC[C@H]3C)n2)cc(Cl)n1.Cc1cc(-c2nc(N=[S@@](C)(=O)C3COC3)cc(N3CCOC[C@H]3C)n2)cc(Cl)n1. The predicted molar refractivity (Wildman–Crippen MR) is 568 cm³/mol. The van der Waals surface area contributed by atoms with E-state index >= 15 is 0 Å². The fourth-order valence-electron chi connectivity index (χ4n) is 16.9. The number of methoxy groups -OCH3 is 3. The number of ether oxygens (including phenoxy) is 11. The maximum atomic E-state index is 13.1. The maximum absolute atomic E-state index is 13.1. The Hall–Kier alpha value is -10.4. The Labute approximate surface area is 865 Å². The fourth-order valence-corrected chi connectivity index (χ4v) is 24.6. The lowest BCUT2D eigenvalue weighted by Crippen LogP contribution is -2.44. The number of morpholine rings is 5. The van der Waals surface area contributed by atoms with Crippen LogP contribution in [0.3, 0.4) is 0 Å². The first-order chi connectivity index (χ1) is 69.7. The van der Waals surface area contributed by atoms with Gasteiger partial charge in [-0.1, -0.05) is 23.2 Å². The average molecular weight is 2140 g/mol. The van der Waals surface area contributed by atoms with Gasteiger partial charge in [-0.05, 0) is 137 Å². The molecule has 0 aromatic carbocycles. The molecule has 146 heavy (non-hydrogen) atoms. The van der Waals surface area contributed by atoms with E-state index in [1.807, 2.05) is 83.1 Å². The van der Waals surface area contributed by atoms with Crippen LogP contribution < -0.4 is 38.7 Å². The molecule has 786 valence electrons. The lowest BCUT2D eigenvalue weighted by Gasteiger charge is -2.34. The molecule has 0 unspecified atom stereocenters. The summed E-state index contributed by atoms with van der Waals surface area (Å²) >= 11 is 12.3. The number of rotatable bonds is 23. The zero-order valence-corrected chi connectivity index (χ0v) is 91.2. The van der Waals surface area contributed by atoms with E-state index in [-0.39, 0.29) is 56.5 Å². The maximum Gasteiger partial charge on any atom is 0.213 e. The van der Waals surface area contributed by atoms with Crippen molar-refractivity contribution < 1.29 is 73.1 Å². The van der Waals surface area contributed by atoms with E-state index in [1.54, 1.807) is 95.1 Å². The number of hydrogen-bond donors (Lipinski definition) is 0. The molecule has 8 saturated heterocycles. The average Bonchev–Trinajstić information content (AvgIpc) is 0.895. The zero-order valence-electron chi connectivity index (χ0n) is 85.6. The van der Waals surface area contributed by atoms with Crippen LogP contribution >= 0.6 is 23.2 Å². The van der Waals surface area contributed by atoms with Crippen LogP contribution in [0.4, 0.5) is 58.2 Å². The number of halogens is 2. The van der Waals surface area contributed by atoms with E-state index in [9.17, 15) is 21.0 Å². The van der Waals surface area contributed by atoms with Gasteiger partial charge in [0.05, 0.1) is 222 Å². The Kier molecular flexibility index (Phi) is 35.0. The van der Waals surface area contributed by atoms with Crippen LogP contribution in [0, 0.1) is 34.6 Å². The summed E-state index contributed by atoms with van der Waals surface area (Å²) in [4.78, 5) is 79.3. The van der Waals surface area contributed by atoms with Crippen molar-refractivity contribution in [2.45, 2.75) is 151 Å². The van der Waals surface area contributed by atoms with E-state index in [1.165, 1.54) is 0 Å². The third-order valence-corrected chi connectivity index (χ3v) is 36.8. The van der Waals surface area contributed by atoms with E-state index in [0.29, 0.717) is 212 Å². The number of aryl methyl sites for hydroxylation is 5. The van der Waals surface area contributed by atoms with Crippen molar-refractivity contribution in [1.82, 2.24) is 74.8 Å². The monoisotopic (exact) mass is 2140 g/mol. The minimum absolute atomic E-state index is 0.0788. The first-order valence-corrected chi connectivity index (χ1v) is 59.2. The van der Waals surface area contributed by atoms with Gasteiger partial charge in [-0.2, -0.15) is 21.8 Å². The minimum atomic E-state index is -2.48. The molecule has 48 heteroatoms. The zero-order chi connectivity index (χ0) is 104. The first-order valence-electron chi connectivity index (χ1n) is 48.5. The topological polar surface area (TPSA) is 458 Å². The molecule has 18 heterocycles. The fraction of sp³-hybridized carbons (Fsp3) is 0.541. The molecule has 10 aliphatic rings. The van der Waals surface area contributed by atoms with E-state index < -0.39 is 48.6 Å². The molecule has 0 spiro atoms. The van der Waals surface area contributed by atoms with Crippen molar-refractivity contribution in [3.8, 4) is 74.6 Å². The second-order valence-corrected chi connectivity index (χ2v) is 51.7. The quantitative estimate of drug-likeness (QED) is 0.0537. The highest BCUT2D eigenvalue weighted by atomic mass is 35.5. The van der Waals surface area contributed by atoms with Crippen molar-refractivity contribution in [2.75, 3.05) is 216 Å². The Balaban J connectivity index is 0.000000131. The van der Waals surface area contributed by atoms with Crippen LogP contribution in [0.2, 0.25) is 10.3 Å². The number of aromatic nitrogens is 15. The molecule has 0 N–H and O–H groups in total. The lowest BCUT2D eigenvalue weighted by molar-refractivity contribution is 0.0430. The lowest BCUT2D eigenvalue weighted by atomic mass is 10.2. The van der Waals surface area contributed by atoms with Gasteiger partial charge in [0.1, 0.15) is 39.4 Å². The van der Waals surface area contributed by atoms with Crippen LogP contribution in [-0.4, -0.2) is 343 Å². The minimum Gasteiger partial charge on any atom is -0.481 e. The van der Waals surface area contributed by atoms with Gasteiger partial charge in [0.25, 0.3) is 0 Å². The normalized spacial score (nSPS) is 21.8. The standard InChI is InChI=1S/2C20H27N5O4S.C20H27N5O3S.C19H24ClN5O3S.C19H24ClN5O2S/c2*1-13-7-15(8-19(21-13)27-3)20-22-17(24-30(4,26)16-11-29-12-16)9-18(23-20)25-5-6-28-10-14(25)2;1-13-9-15(10-19(21-13)27-3)20-22-17(24-29(4,26)16-5-6-16)11-18(23-20)25-7-8-28-12-14(25)2;1-12-6-14(7-16(20)21-12)19-22-17(24-29(3,26)15-10-28-11-15)8-18(23-19)25-4-5-27-9-13(25)2;1-12-8-14(9-16(20)21-12)19-22-17(24-28(3,26)15-4-5-15)10-18(23-19)25-6-7-27-11-13(25)2/h2*7-9,14,16H,5-6,10-12H2,1-4H3;9-11,14,16H,5-8,12H2,1-4H3;6-8,13,15H,4-5,9-11H2,1-3H3;8-10,13,15H,4-7,11H2,1-3H3/t2*14-,30+;14-,29+;13-,29+;13-,28+/m11111/s1. The highest BCUT2D eigenvalue weighted by molar-refractivity contribution is 7.95. The van der Waals surface area contributed by atoms with Crippen LogP contribution in [0.25, 0.3) is 56.9 Å². The smallest absolute Gasteiger partial charge is 0.213 e. The molecule has 0 bridgehead atoms. The third-order valence-electron chi connectivity index (χ3n) is 25.7. The summed E-state index contributed by atoms with van der Waals surface area (Å²) in [7, 11) is -7.33. The van der Waals surface area contributed by atoms with Crippen LogP contribution in [-0.2, 0) is 86.5 Å². The molecular weight excluding hydrogens is 2010 g/mol. The molecular formula is C98H129Cl2N25O16S5. The van der Waals surface area contributed by atoms with Gasteiger partial charge in [-0.3, -0.25) is 0 Å². The summed E-state index contributed by atoms with van der Waals surface area (Å²) in [6.45, 7) is 32.6. The van der Waals surface area contributed by atoms with Crippen molar-refractivity contribution in [3.05, 3.63) is 130 Å². The number of hydrogen-bond acceptors (Lipinski definition) is 41. The van der Waals surface area contributed by atoms with Crippen LogP contribution in [0.5, 0.6) is 17.6 Å². The summed E-state index contributed by atoms with van der Waals surface area (Å²) in [5.41, 5.74) is 7.80. The molecule has 0 amide bonds. The molecule has 10 fully saturated rings. The van der Waals surface area contributed by atoms with Crippen molar-refractivity contribution >= 4 is 130 Å². The van der Waals surface area contributed by atoms with Gasteiger partial charge in [0, 0.05) is 179 Å². The molecule has 10 atom stereocenters. The second-order valence-electron chi connectivity index (χ2n) is 38.0. The Morgan fingerprint density at radius 1 is 0.267 bits per heavy atom. The summed E-state index contributed by atoms with van der Waals surface area (Å²) in [6.07, 6.45) is 12.3. The summed E-state index contributed by atoms with van der Waals surface area (Å²) < 4.78 is 147. The largest absolute Gasteiger partial charge is 0.481 e. The Bertz CT molecular complexity index is 6900. The first kappa shape index (κ1) is 108. The Morgan fingerprint density at radius 2 is 0.466 bits per heavy atom. The highest BCUT2D eigenvalue weighted by Gasteiger charge is 2.37. The summed E-state index contributed by atoms with van der Waals surface area (Å²) in [6, 6.07) is 28.3. The summed E-state index contributed by atoms with van der Waals surface area (Å²) in [5, 5.41) is 0.848. The highest BCUT2D eigenvalue weighted by Crippen LogP contribution is 2.40. The van der Waals surface area contributed by atoms with Crippen molar-refractivity contribution in [3.63, 3.8) is 0 Å². The number of pyridine rings is 5. The van der Waals surface area contributed by atoms with Crippen LogP contribution in [0.15, 0.2) is 113 Å². The Morgan fingerprint density at radius 3 is 0.644 bits per heavy atom. The molecule has 8 aliphatic heterocycles. The number of anilines is 5. The molecule has 10 aromatic heterocycles. The molecule has 20 rings (SSSR count). The van der Waals surface area contributed by atoms with Gasteiger partial charge < -0.3 is 76.6 Å². The van der Waals surface area contributed by atoms with Gasteiger partial charge in [0.2, 0.25) is 17.6 Å². The molecule has 10 aromatic rings. The van der Waals surface area contributed by atoms with Crippen molar-refractivity contribution in [2.24, 2.45) is 21.8 Å².